The van der Waals surface area contributed by atoms with Gasteiger partial charge in [-0.1, -0.05) is 5.21 Å². The topological polar surface area (TPSA) is 73.8 Å². The van der Waals surface area contributed by atoms with Crippen LogP contribution >= 0.6 is 0 Å². The van der Waals surface area contributed by atoms with E-state index in [9.17, 15) is 4.79 Å². The number of carbonyl (C=O) groups excluding carboxylic acids is 1. The number of nitrogens with zero attached hydrogens (tertiary/aromatic N) is 3. The third-order valence-corrected chi connectivity index (χ3v) is 0.928. The minimum absolute atomic E-state index is 0.606. The number of amides is 1. The summed E-state index contributed by atoms with van der Waals surface area (Å²) in [6.45, 7) is 1.70. The van der Waals surface area contributed by atoms with Gasteiger partial charge in [0.25, 0.3) is 0 Å². The number of hydrogen-bond acceptors (Lipinski definition) is 3. The van der Waals surface area contributed by atoms with E-state index in [1.165, 1.54) is 6.20 Å². The summed E-state index contributed by atoms with van der Waals surface area (Å²) in [6.07, 6.45) is 1.46. The van der Waals surface area contributed by atoms with Crippen molar-refractivity contribution in [2.24, 2.45) is 5.73 Å². The summed E-state index contributed by atoms with van der Waals surface area (Å²) in [5.74, 6) is 0. The van der Waals surface area contributed by atoms with Crippen LogP contribution in [0.2, 0.25) is 0 Å². The van der Waals surface area contributed by atoms with E-state index in [1.807, 2.05) is 0 Å². The van der Waals surface area contributed by atoms with E-state index in [-0.39, 0.29) is 0 Å². The number of aromatic nitrogens is 3. The molecule has 0 spiro atoms. The van der Waals surface area contributed by atoms with Crippen LogP contribution in [-0.4, -0.2) is 21.0 Å². The third-order valence-electron chi connectivity index (χ3n) is 0.928. The summed E-state index contributed by atoms with van der Waals surface area (Å²) in [5.41, 5.74) is 5.52. The van der Waals surface area contributed by atoms with Gasteiger partial charge in [0.15, 0.2) is 0 Å². The van der Waals surface area contributed by atoms with Gasteiger partial charge in [0, 0.05) is 0 Å². The number of aryl methyl sites for hydroxylation is 1. The second kappa shape index (κ2) is 1.85. The molecule has 0 aliphatic rings. The molecule has 0 fully saturated rings. The van der Waals surface area contributed by atoms with Crippen molar-refractivity contribution in [1.82, 2.24) is 15.0 Å². The summed E-state index contributed by atoms with van der Waals surface area (Å²) in [5, 5.41) is 6.86. The molecule has 0 aliphatic heterocycles. The van der Waals surface area contributed by atoms with E-state index in [0.29, 0.717) is 5.69 Å². The van der Waals surface area contributed by atoms with Crippen molar-refractivity contribution in [3.05, 3.63) is 11.9 Å². The maximum absolute atomic E-state index is 10.4. The van der Waals surface area contributed by atoms with Gasteiger partial charge in [-0.15, -0.1) is 5.10 Å². The van der Waals surface area contributed by atoms with Gasteiger partial charge < -0.3 is 5.73 Å². The maximum atomic E-state index is 10.4. The lowest BCUT2D eigenvalue weighted by molar-refractivity contribution is 0.246. The molecule has 1 heterocycles. The van der Waals surface area contributed by atoms with Gasteiger partial charge in [-0.25, -0.2) is 4.79 Å². The molecule has 1 aromatic rings. The van der Waals surface area contributed by atoms with Crippen LogP contribution in [0.5, 0.6) is 0 Å². The average Bonchev–Trinajstić information content (AvgIpc) is 2.13. The molecule has 0 unspecified atom stereocenters. The molecule has 0 saturated heterocycles. The predicted molar refractivity (Wildman–Crippen MR) is 29.7 cm³/mol. The first-order chi connectivity index (χ1) is 4.22. The zero-order valence-electron chi connectivity index (χ0n) is 4.90. The Hall–Kier alpha value is -1.39. The molecular formula is C4H6N4O. The Kier molecular flexibility index (Phi) is 1.18. The van der Waals surface area contributed by atoms with Crippen LogP contribution in [0, 0.1) is 6.92 Å². The van der Waals surface area contributed by atoms with Gasteiger partial charge in [0.1, 0.15) is 0 Å². The molecular weight excluding hydrogens is 120 g/mol. The Labute approximate surface area is 51.5 Å². The molecule has 9 heavy (non-hydrogen) atoms. The number of hydrogen-bond donors (Lipinski definition) is 1. The SMILES string of the molecule is Cc1cnnn1C(N)=O. The molecule has 2 N–H and O–H groups in total. The van der Waals surface area contributed by atoms with Crippen molar-refractivity contribution < 1.29 is 4.79 Å². The van der Waals surface area contributed by atoms with Gasteiger partial charge in [0.2, 0.25) is 0 Å². The zero-order valence-corrected chi connectivity index (χ0v) is 4.90. The Balaban J connectivity index is 3.08. The summed E-state index contributed by atoms with van der Waals surface area (Å²) in [6, 6.07) is -0.606. The van der Waals surface area contributed by atoms with Crippen molar-refractivity contribution >= 4 is 6.03 Å². The molecule has 5 nitrogen and oxygen atoms in total. The van der Waals surface area contributed by atoms with Crippen molar-refractivity contribution in [1.29, 1.82) is 0 Å². The predicted octanol–water partition coefficient (Wildman–Crippen LogP) is -0.487. The highest BCUT2D eigenvalue weighted by Gasteiger charge is 2.01. The van der Waals surface area contributed by atoms with Gasteiger partial charge in [0.05, 0.1) is 11.9 Å². The molecule has 0 saturated carbocycles. The second-order valence-corrected chi connectivity index (χ2v) is 1.63. The Morgan fingerprint density at radius 1 is 1.89 bits per heavy atom. The van der Waals surface area contributed by atoms with Crippen LogP contribution in [0.25, 0.3) is 0 Å². The molecule has 1 aromatic heterocycles. The summed E-state index contributed by atoms with van der Waals surface area (Å²) in [7, 11) is 0. The third kappa shape index (κ3) is 0.883. The van der Waals surface area contributed by atoms with Crippen LogP contribution in [0.15, 0.2) is 6.20 Å². The van der Waals surface area contributed by atoms with E-state index in [4.69, 9.17) is 5.73 Å². The van der Waals surface area contributed by atoms with Crippen LogP contribution in [0.4, 0.5) is 4.79 Å². The fraction of sp³-hybridized carbons (Fsp3) is 0.250. The van der Waals surface area contributed by atoms with Crippen LogP contribution < -0.4 is 5.73 Å². The number of carbonyl (C=O) groups is 1. The lowest BCUT2D eigenvalue weighted by Crippen LogP contribution is -2.21. The normalized spacial score (nSPS) is 9.44. The van der Waals surface area contributed by atoms with Crippen molar-refractivity contribution in [2.45, 2.75) is 6.92 Å². The first-order valence-electron chi connectivity index (χ1n) is 2.39. The average molecular weight is 126 g/mol. The van der Waals surface area contributed by atoms with E-state index in [2.05, 4.69) is 10.3 Å². The molecule has 0 radical (unpaired) electrons. The van der Waals surface area contributed by atoms with E-state index < -0.39 is 6.03 Å². The first-order valence-corrected chi connectivity index (χ1v) is 2.39. The van der Waals surface area contributed by atoms with Gasteiger partial charge in [-0.3, -0.25) is 0 Å². The van der Waals surface area contributed by atoms with Crippen molar-refractivity contribution in [3.8, 4) is 0 Å². The van der Waals surface area contributed by atoms with E-state index in [0.717, 1.165) is 4.68 Å². The minimum Gasteiger partial charge on any atom is -0.350 e. The quantitative estimate of drug-likeness (QED) is 0.509. The molecule has 1 rings (SSSR count). The standard InChI is InChI=1S/C4H6N4O/c1-3-2-6-7-8(3)4(5)9/h2H,1H3,(H2,5,9). The fourth-order valence-electron chi connectivity index (χ4n) is 0.504. The summed E-state index contributed by atoms with van der Waals surface area (Å²) in [4.78, 5) is 10.4. The van der Waals surface area contributed by atoms with Crippen LogP contribution in [0.1, 0.15) is 5.69 Å². The summed E-state index contributed by atoms with van der Waals surface area (Å²) < 4.78 is 1.03. The number of rotatable bonds is 0. The largest absolute Gasteiger partial charge is 0.350 e. The van der Waals surface area contributed by atoms with Crippen LogP contribution in [-0.2, 0) is 0 Å². The molecule has 48 valence electrons. The monoisotopic (exact) mass is 126 g/mol. The Bertz CT molecular complexity index is 228. The van der Waals surface area contributed by atoms with Crippen molar-refractivity contribution in [3.63, 3.8) is 0 Å². The van der Waals surface area contributed by atoms with Crippen LogP contribution in [0.3, 0.4) is 0 Å². The molecule has 0 aromatic carbocycles. The molecule has 0 aliphatic carbocycles. The maximum Gasteiger partial charge on any atom is 0.341 e. The number of primary amides is 1. The van der Waals surface area contributed by atoms with Gasteiger partial charge in [-0.2, -0.15) is 4.68 Å². The van der Waals surface area contributed by atoms with Gasteiger partial charge in [-0.05, 0) is 6.92 Å². The molecule has 1 amide bonds. The zero-order chi connectivity index (χ0) is 6.85. The number of nitrogens with two attached hydrogens (primary N) is 1. The Morgan fingerprint density at radius 2 is 2.56 bits per heavy atom. The highest BCUT2D eigenvalue weighted by atomic mass is 16.2. The lowest BCUT2D eigenvalue weighted by Gasteiger charge is -1.91. The highest BCUT2D eigenvalue weighted by molar-refractivity contribution is 5.73. The Morgan fingerprint density at radius 3 is 2.78 bits per heavy atom. The second-order valence-electron chi connectivity index (χ2n) is 1.63. The first kappa shape index (κ1) is 5.74. The summed E-state index contributed by atoms with van der Waals surface area (Å²) >= 11 is 0. The van der Waals surface area contributed by atoms with Gasteiger partial charge >= 0.3 is 6.03 Å². The lowest BCUT2D eigenvalue weighted by atomic mass is 10.5. The van der Waals surface area contributed by atoms with E-state index in [1.54, 1.807) is 6.92 Å². The smallest absolute Gasteiger partial charge is 0.341 e. The molecule has 0 bridgehead atoms. The fourth-order valence-corrected chi connectivity index (χ4v) is 0.504. The molecule has 5 heteroatoms. The van der Waals surface area contributed by atoms with Crippen molar-refractivity contribution in [2.75, 3.05) is 0 Å². The van der Waals surface area contributed by atoms with E-state index >= 15 is 0 Å². The molecule has 0 atom stereocenters. The highest BCUT2D eigenvalue weighted by Crippen LogP contribution is 1.88. The minimum atomic E-state index is -0.606.